The first-order valence-corrected chi connectivity index (χ1v) is 6.50. The lowest BCUT2D eigenvalue weighted by Crippen LogP contribution is -2.17. The van der Waals surface area contributed by atoms with Crippen molar-refractivity contribution in [2.75, 3.05) is 7.05 Å². The third-order valence-corrected chi connectivity index (χ3v) is 2.42. The second kappa shape index (κ2) is 8.59. The molecule has 0 spiro atoms. The topological polar surface area (TPSA) is 49.3 Å². The van der Waals surface area contributed by atoms with Crippen molar-refractivity contribution in [3.63, 3.8) is 0 Å². The molecule has 0 saturated carbocycles. The average Bonchev–Trinajstić information content (AvgIpc) is 2.27. The van der Waals surface area contributed by atoms with Crippen molar-refractivity contribution in [1.82, 2.24) is 5.32 Å². The van der Waals surface area contributed by atoms with Gasteiger partial charge in [-0.1, -0.05) is 31.0 Å². The Morgan fingerprint density at radius 2 is 2.05 bits per heavy atom. The Morgan fingerprint density at radius 1 is 1.47 bits per heavy atom. The Kier molecular flexibility index (Phi) is 7.92. The van der Waals surface area contributed by atoms with Crippen LogP contribution >= 0.6 is 11.6 Å². The zero-order valence-corrected chi connectivity index (χ0v) is 12.7. The predicted octanol–water partition coefficient (Wildman–Crippen LogP) is 4.01. The van der Waals surface area contributed by atoms with Crippen molar-refractivity contribution >= 4 is 17.5 Å². The quantitative estimate of drug-likeness (QED) is 0.823. The van der Waals surface area contributed by atoms with Crippen molar-refractivity contribution < 1.29 is 9.90 Å². The van der Waals surface area contributed by atoms with Gasteiger partial charge in [-0.2, -0.15) is 0 Å². The van der Waals surface area contributed by atoms with Crippen molar-refractivity contribution in [2.45, 2.75) is 27.2 Å². The van der Waals surface area contributed by atoms with Crippen LogP contribution < -0.4 is 5.32 Å². The van der Waals surface area contributed by atoms with Gasteiger partial charge < -0.3 is 10.4 Å². The normalized spacial score (nSPS) is 9.58. The predicted molar refractivity (Wildman–Crippen MR) is 80.8 cm³/mol. The molecule has 4 heteroatoms. The summed E-state index contributed by atoms with van der Waals surface area (Å²) in [4.78, 5) is 11.0. The lowest BCUT2D eigenvalue weighted by molar-refractivity contribution is 0.0960. The van der Waals surface area contributed by atoms with Crippen molar-refractivity contribution in [1.29, 1.82) is 0 Å². The molecule has 3 nitrogen and oxygen atoms in total. The third kappa shape index (κ3) is 7.52. The van der Waals surface area contributed by atoms with Crippen LogP contribution in [0.5, 0.6) is 5.75 Å². The van der Waals surface area contributed by atoms with Gasteiger partial charge in [0.1, 0.15) is 5.75 Å². The van der Waals surface area contributed by atoms with Gasteiger partial charge in [0.2, 0.25) is 0 Å². The van der Waals surface area contributed by atoms with Gasteiger partial charge in [-0.25, -0.2) is 0 Å². The molecule has 0 aromatic heterocycles. The molecule has 0 aliphatic carbocycles. The molecule has 0 heterocycles. The molecule has 19 heavy (non-hydrogen) atoms. The highest BCUT2D eigenvalue weighted by Gasteiger charge is 2.08. The van der Waals surface area contributed by atoms with E-state index in [1.165, 1.54) is 31.2 Å². The van der Waals surface area contributed by atoms with E-state index in [0.29, 0.717) is 5.02 Å². The van der Waals surface area contributed by atoms with Crippen LogP contribution in [0.3, 0.4) is 0 Å². The molecule has 0 aliphatic rings. The number of nitrogens with one attached hydrogen (secondary N) is 1. The SMILES string of the molecule is C=C(C)CC(C)C.CNC(=O)c1ccc(Cl)cc1O. The number of carbonyl (C=O) groups excluding carboxylic acids is 1. The van der Waals surface area contributed by atoms with E-state index >= 15 is 0 Å². The van der Waals surface area contributed by atoms with E-state index in [1.807, 2.05) is 0 Å². The summed E-state index contributed by atoms with van der Waals surface area (Å²) in [6, 6.07) is 4.34. The van der Waals surface area contributed by atoms with Crippen LogP contribution in [0.4, 0.5) is 0 Å². The molecule has 1 amide bonds. The number of hydrogen-bond donors (Lipinski definition) is 2. The van der Waals surface area contributed by atoms with Gasteiger partial charge in [0.05, 0.1) is 5.56 Å². The Morgan fingerprint density at radius 3 is 2.37 bits per heavy atom. The summed E-state index contributed by atoms with van der Waals surface area (Å²) in [7, 11) is 1.50. The van der Waals surface area contributed by atoms with Gasteiger partial charge in [-0.3, -0.25) is 4.79 Å². The van der Waals surface area contributed by atoms with E-state index < -0.39 is 0 Å². The van der Waals surface area contributed by atoms with Gasteiger partial charge in [0.25, 0.3) is 5.91 Å². The summed E-state index contributed by atoms with van der Waals surface area (Å²) in [6.07, 6.45) is 1.17. The van der Waals surface area contributed by atoms with Gasteiger partial charge in [-0.05, 0) is 37.5 Å². The molecular weight excluding hydrogens is 262 g/mol. The highest BCUT2D eigenvalue weighted by atomic mass is 35.5. The fourth-order valence-corrected chi connectivity index (χ4v) is 1.69. The Hall–Kier alpha value is -1.48. The van der Waals surface area contributed by atoms with Gasteiger partial charge >= 0.3 is 0 Å². The fourth-order valence-electron chi connectivity index (χ4n) is 1.53. The fraction of sp³-hybridized carbons (Fsp3) is 0.400. The number of halogens is 1. The van der Waals surface area contributed by atoms with E-state index in [0.717, 1.165) is 5.92 Å². The van der Waals surface area contributed by atoms with E-state index in [4.69, 9.17) is 11.6 Å². The van der Waals surface area contributed by atoms with Crippen LogP contribution in [-0.4, -0.2) is 18.1 Å². The maximum Gasteiger partial charge on any atom is 0.254 e. The molecule has 0 saturated heterocycles. The number of allylic oxidation sites excluding steroid dienone is 1. The summed E-state index contributed by atoms with van der Waals surface area (Å²) < 4.78 is 0. The van der Waals surface area contributed by atoms with Crippen LogP contribution in [0.2, 0.25) is 5.02 Å². The maximum absolute atomic E-state index is 11.0. The molecule has 1 rings (SSSR count). The molecule has 0 fully saturated rings. The van der Waals surface area contributed by atoms with Crippen molar-refractivity contribution in [2.24, 2.45) is 5.92 Å². The van der Waals surface area contributed by atoms with Crippen LogP contribution in [0, 0.1) is 5.92 Å². The monoisotopic (exact) mass is 283 g/mol. The first-order valence-electron chi connectivity index (χ1n) is 6.12. The summed E-state index contributed by atoms with van der Waals surface area (Å²) in [5.41, 5.74) is 1.51. The van der Waals surface area contributed by atoms with Crippen molar-refractivity contribution in [3.8, 4) is 5.75 Å². The molecule has 0 radical (unpaired) electrons. The third-order valence-electron chi connectivity index (χ3n) is 2.19. The summed E-state index contributed by atoms with van der Waals surface area (Å²) in [6.45, 7) is 10.3. The number of amides is 1. The standard InChI is InChI=1S/C8H8ClNO2.C7H14/c1-10-8(12)6-3-2-5(9)4-7(6)11;1-6(2)5-7(3)4/h2-4,11H,1H3,(H,10,12);7H,1,5H2,2-4H3. The Bertz CT molecular complexity index is 442. The molecule has 1 aromatic carbocycles. The number of phenolic OH excluding ortho intramolecular Hbond substituents is 1. The molecule has 1 aromatic rings. The minimum absolute atomic E-state index is 0.109. The minimum Gasteiger partial charge on any atom is -0.507 e. The van der Waals surface area contributed by atoms with Gasteiger partial charge in [0, 0.05) is 12.1 Å². The lowest BCUT2D eigenvalue weighted by Gasteiger charge is -2.02. The van der Waals surface area contributed by atoms with E-state index in [9.17, 15) is 9.90 Å². The number of carbonyl (C=O) groups is 1. The average molecular weight is 284 g/mol. The molecular formula is C15H22ClNO2. The van der Waals surface area contributed by atoms with Crippen LogP contribution in [0.15, 0.2) is 30.4 Å². The van der Waals surface area contributed by atoms with E-state index in [2.05, 4.69) is 32.7 Å². The first kappa shape index (κ1) is 17.5. The molecule has 0 atom stereocenters. The number of benzene rings is 1. The van der Waals surface area contributed by atoms with Gasteiger partial charge in [0.15, 0.2) is 0 Å². The van der Waals surface area contributed by atoms with Crippen LogP contribution in [0.1, 0.15) is 37.6 Å². The van der Waals surface area contributed by atoms with Crippen molar-refractivity contribution in [3.05, 3.63) is 40.9 Å². The van der Waals surface area contributed by atoms with Crippen LogP contribution in [0.25, 0.3) is 0 Å². The molecule has 106 valence electrons. The van der Waals surface area contributed by atoms with Crippen LogP contribution in [-0.2, 0) is 0 Å². The number of aromatic hydroxyl groups is 1. The second-order valence-corrected chi connectivity index (χ2v) is 5.23. The lowest BCUT2D eigenvalue weighted by atomic mass is 10.1. The zero-order chi connectivity index (χ0) is 15.0. The molecule has 0 aliphatic heterocycles. The summed E-state index contributed by atoms with van der Waals surface area (Å²) >= 11 is 5.57. The largest absolute Gasteiger partial charge is 0.507 e. The van der Waals surface area contributed by atoms with Gasteiger partial charge in [-0.15, -0.1) is 6.58 Å². The Labute approximate surface area is 120 Å². The first-order chi connectivity index (χ1) is 8.77. The number of hydrogen-bond acceptors (Lipinski definition) is 2. The smallest absolute Gasteiger partial charge is 0.254 e. The highest BCUT2D eigenvalue weighted by Crippen LogP contribution is 2.21. The minimum atomic E-state index is -0.329. The Balaban J connectivity index is 0.000000399. The maximum atomic E-state index is 11.0. The number of phenols is 1. The number of rotatable bonds is 3. The molecule has 0 unspecified atom stereocenters. The zero-order valence-electron chi connectivity index (χ0n) is 12.0. The van der Waals surface area contributed by atoms with E-state index in [-0.39, 0.29) is 17.2 Å². The molecule has 0 bridgehead atoms. The second-order valence-electron chi connectivity index (χ2n) is 4.80. The summed E-state index contributed by atoms with van der Waals surface area (Å²) in [5.74, 6) is 0.337. The summed E-state index contributed by atoms with van der Waals surface area (Å²) in [5, 5.41) is 12.1. The van der Waals surface area contributed by atoms with E-state index in [1.54, 1.807) is 6.07 Å². The highest BCUT2D eigenvalue weighted by molar-refractivity contribution is 6.30. The molecule has 2 N–H and O–H groups in total.